The van der Waals surface area contributed by atoms with Crippen LogP contribution in [0.1, 0.15) is 27.3 Å². The second-order valence-corrected chi connectivity index (χ2v) is 7.45. The Morgan fingerprint density at radius 1 is 0.941 bits per heavy atom. The van der Waals surface area contributed by atoms with Crippen molar-refractivity contribution in [2.24, 2.45) is 15.3 Å². The molecule has 0 spiro atoms. The van der Waals surface area contributed by atoms with Gasteiger partial charge in [0.1, 0.15) is 11.4 Å². The van der Waals surface area contributed by atoms with Crippen LogP contribution in [-0.4, -0.2) is 29.0 Å². The predicted molar refractivity (Wildman–Crippen MR) is 132 cm³/mol. The zero-order chi connectivity index (χ0) is 23.9. The maximum absolute atomic E-state index is 12.4. The molecule has 0 saturated heterocycles. The number of aryl methyl sites for hydroxylation is 1. The third-order valence-corrected chi connectivity index (χ3v) is 5.16. The zero-order valence-electron chi connectivity index (χ0n) is 19.1. The number of methoxy groups -OCH3 is 1. The SMILES string of the molecule is COc1ccccc1/C=N/NC(=O)c1ccc(N=Nc2c(C)nn(-c3ccccc3)c2C)cc1. The number of ether oxygens (including phenoxy) is 1. The number of azo groups is 1. The Labute approximate surface area is 197 Å². The van der Waals surface area contributed by atoms with Gasteiger partial charge in [-0.2, -0.15) is 15.3 Å². The molecule has 1 amide bonds. The molecule has 0 aliphatic rings. The van der Waals surface area contributed by atoms with E-state index in [9.17, 15) is 4.79 Å². The highest BCUT2D eigenvalue weighted by atomic mass is 16.5. The molecule has 0 atom stereocenters. The predicted octanol–water partition coefficient (Wildman–Crippen LogP) is 5.68. The van der Waals surface area contributed by atoms with Gasteiger partial charge >= 0.3 is 0 Å². The number of para-hydroxylation sites is 2. The van der Waals surface area contributed by atoms with E-state index >= 15 is 0 Å². The summed E-state index contributed by atoms with van der Waals surface area (Å²) in [6.45, 7) is 3.86. The van der Waals surface area contributed by atoms with E-state index in [2.05, 4.69) is 25.9 Å². The van der Waals surface area contributed by atoms with Crippen LogP contribution in [0.2, 0.25) is 0 Å². The molecule has 170 valence electrons. The molecule has 34 heavy (non-hydrogen) atoms. The summed E-state index contributed by atoms with van der Waals surface area (Å²) in [5.41, 5.74) is 7.74. The van der Waals surface area contributed by atoms with Crippen LogP contribution >= 0.6 is 0 Å². The molecule has 0 radical (unpaired) electrons. The summed E-state index contributed by atoms with van der Waals surface area (Å²) in [7, 11) is 1.59. The zero-order valence-corrected chi connectivity index (χ0v) is 19.1. The lowest BCUT2D eigenvalue weighted by Crippen LogP contribution is -2.17. The molecule has 4 rings (SSSR count). The second-order valence-electron chi connectivity index (χ2n) is 7.45. The first-order valence-corrected chi connectivity index (χ1v) is 10.7. The largest absolute Gasteiger partial charge is 0.496 e. The number of amides is 1. The number of carbonyl (C=O) groups excluding carboxylic acids is 1. The molecule has 0 fully saturated rings. The maximum atomic E-state index is 12.4. The van der Waals surface area contributed by atoms with Crippen molar-refractivity contribution >= 4 is 23.5 Å². The van der Waals surface area contributed by atoms with Crippen LogP contribution in [0.3, 0.4) is 0 Å². The molecule has 8 heteroatoms. The van der Waals surface area contributed by atoms with Gasteiger partial charge in [-0.25, -0.2) is 10.1 Å². The van der Waals surface area contributed by atoms with Crippen LogP contribution in [0.4, 0.5) is 11.4 Å². The quantitative estimate of drug-likeness (QED) is 0.222. The van der Waals surface area contributed by atoms with E-state index in [0.29, 0.717) is 17.0 Å². The van der Waals surface area contributed by atoms with Crippen molar-refractivity contribution in [1.82, 2.24) is 15.2 Å². The van der Waals surface area contributed by atoms with Crippen LogP contribution in [0.5, 0.6) is 5.75 Å². The molecule has 4 aromatic rings. The second kappa shape index (κ2) is 10.4. The summed E-state index contributed by atoms with van der Waals surface area (Å²) in [6.07, 6.45) is 1.54. The number of aromatic nitrogens is 2. The van der Waals surface area contributed by atoms with Crippen molar-refractivity contribution in [3.05, 3.63) is 101 Å². The van der Waals surface area contributed by atoms with Crippen LogP contribution in [0.25, 0.3) is 5.69 Å². The molecule has 0 unspecified atom stereocenters. The topological polar surface area (TPSA) is 93.2 Å². The van der Waals surface area contributed by atoms with Crippen molar-refractivity contribution in [3.8, 4) is 11.4 Å². The van der Waals surface area contributed by atoms with Crippen molar-refractivity contribution < 1.29 is 9.53 Å². The van der Waals surface area contributed by atoms with E-state index < -0.39 is 0 Å². The Morgan fingerprint density at radius 2 is 1.65 bits per heavy atom. The van der Waals surface area contributed by atoms with Crippen molar-refractivity contribution in [3.63, 3.8) is 0 Å². The van der Waals surface area contributed by atoms with Gasteiger partial charge in [-0.15, -0.1) is 5.11 Å². The van der Waals surface area contributed by atoms with Gasteiger partial charge in [0.2, 0.25) is 0 Å². The summed E-state index contributed by atoms with van der Waals surface area (Å²) in [5.74, 6) is 0.348. The lowest BCUT2D eigenvalue weighted by atomic mass is 10.2. The fourth-order valence-corrected chi connectivity index (χ4v) is 3.39. The third kappa shape index (κ3) is 5.07. The normalized spacial score (nSPS) is 11.3. The molecular formula is C26H24N6O2. The fourth-order valence-electron chi connectivity index (χ4n) is 3.39. The minimum atomic E-state index is -0.328. The minimum Gasteiger partial charge on any atom is -0.496 e. The fraction of sp³-hybridized carbons (Fsp3) is 0.115. The Kier molecular flexibility index (Phi) is 6.88. The summed E-state index contributed by atoms with van der Waals surface area (Å²) in [5, 5.41) is 17.3. The smallest absolute Gasteiger partial charge is 0.271 e. The van der Waals surface area contributed by atoms with Crippen LogP contribution in [-0.2, 0) is 0 Å². The first-order chi connectivity index (χ1) is 16.6. The van der Waals surface area contributed by atoms with E-state index in [1.54, 1.807) is 37.6 Å². The highest BCUT2D eigenvalue weighted by Crippen LogP contribution is 2.27. The minimum absolute atomic E-state index is 0.328. The molecule has 1 heterocycles. The van der Waals surface area contributed by atoms with Gasteiger partial charge in [0.25, 0.3) is 5.91 Å². The molecule has 0 aliphatic carbocycles. The molecule has 0 bridgehead atoms. The van der Waals surface area contributed by atoms with Crippen LogP contribution < -0.4 is 10.2 Å². The molecule has 1 N–H and O–H groups in total. The number of rotatable bonds is 7. The number of carbonyl (C=O) groups is 1. The lowest BCUT2D eigenvalue weighted by Gasteiger charge is -2.03. The molecule has 1 aromatic heterocycles. The lowest BCUT2D eigenvalue weighted by molar-refractivity contribution is 0.0955. The Hall–Kier alpha value is -4.59. The molecule has 8 nitrogen and oxygen atoms in total. The van der Waals surface area contributed by atoms with E-state index in [-0.39, 0.29) is 5.91 Å². The first-order valence-electron chi connectivity index (χ1n) is 10.7. The number of nitrogens with one attached hydrogen (secondary N) is 1. The number of nitrogens with zero attached hydrogens (tertiary/aromatic N) is 5. The summed E-state index contributed by atoms with van der Waals surface area (Å²) in [4.78, 5) is 12.4. The highest BCUT2D eigenvalue weighted by molar-refractivity contribution is 5.95. The standard InChI is InChI=1S/C26H24N6O2/c1-18-25(19(2)32(31-18)23-10-5-4-6-11-23)29-28-22-15-13-20(14-16-22)26(33)30-27-17-21-9-7-8-12-24(21)34-3/h4-17H,1-3H3,(H,30,33)/b27-17+,29-28?. The van der Waals surface area contributed by atoms with Crippen molar-refractivity contribution in [2.45, 2.75) is 13.8 Å². The number of hydrogen-bond acceptors (Lipinski definition) is 6. The van der Waals surface area contributed by atoms with Gasteiger partial charge in [-0.1, -0.05) is 30.3 Å². The van der Waals surface area contributed by atoms with E-state index in [1.165, 1.54) is 0 Å². The summed E-state index contributed by atoms with van der Waals surface area (Å²) < 4.78 is 7.12. The molecule has 0 saturated carbocycles. The maximum Gasteiger partial charge on any atom is 0.271 e. The highest BCUT2D eigenvalue weighted by Gasteiger charge is 2.12. The molecule has 3 aromatic carbocycles. The van der Waals surface area contributed by atoms with Crippen LogP contribution in [0, 0.1) is 13.8 Å². The van der Waals surface area contributed by atoms with Gasteiger partial charge in [-0.05, 0) is 62.4 Å². The van der Waals surface area contributed by atoms with Gasteiger partial charge in [0.15, 0.2) is 0 Å². The number of hydrogen-bond donors (Lipinski definition) is 1. The van der Waals surface area contributed by atoms with Gasteiger partial charge in [0.05, 0.1) is 36.1 Å². The average molecular weight is 453 g/mol. The first kappa shape index (κ1) is 22.6. The Bertz CT molecular complexity index is 1340. The van der Waals surface area contributed by atoms with E-state index in [4.69, 9.17) is 4.74 Å². The number of hydrazone groups is 1. The molecule has 0 aliphatic heterocycles. The van der Waals surface area contributed by atoms with Gasteiger partial charge in [-0.3, -0.25) is 4.79 Å². The third-order valence-electron chi connectivity index (χ3n) is 5.16. The average Bonchev–Trinajstić information content (AvgIpc) is 3.16. The van der Waals surface area contributed by atoms with Gasteiger partial charge in [0, 0.05) is 11.1 Å². The Balaban J connectivity index is 1.43. The van der Waals surface area contributed by atoms with Crippen molar-refractivity contribution in [2.75, 3.05) is 7.11 Å². The van der Waals surface area contributed by atoms with E-state index in [0.717, 1.165) is 28.3 Å². The van der Waals surface area contributed by atoms with Gasteiger partial charge < -0.3 is 4.74 Å². The summed E-state index contributed by atoms with van der Waals surface area (Å²) >= 11 is 0. The molecular weight excluding hydrogens is 428 g/mol. The van der Waals surface area contributed by atoms with Crippen molar-refractivity contribution in [1.29, 1.82) is 0 Å². The monoisotopic (exact) mass is 452 g/mol. The number of benzene rings is 3. The van der Waals surface area contributed by atoms with Crippen LogP contribution in [0.15, 0.2) is 94.2 Å². The van der Waals surface area contributed by atoms with E-state index in [1.807, 2.05) is 73.1 Å². The summed E-state index contributed by atoms with van der Waals surface area (Å²) in [6, 6.07) is 24.1. The Morgan fingerprint density at radius 3 is 2.38 bits per heavy atom.